The van der Waals surface area contributed by atoms with E-state index in [0.29, 0.717) is 5.75 Å². The summed E-state index contributed by atoms with van der Waals surface area (Å²) < 4.78 is 11.2. The molecule has 0 radical (unpaired) electrons. The van der Waals surface area contributed by atoms with Crippen molar-refractivity contribution < 1.29 is 14.3 Å². The molecule has 0 bridgehead atoms. The summed E-state index contributed by atoms with van der Waals surface area (Å²) in [7, 11) is 1.89. The Morgan fingerprint density at radius 2 is 2.17 bits per heavy atom. The van der Waals surface area contributed by atoms with Crippen LogP contribution >= 0.6 is 15.9 Å². The zero-order valence-corrected chi connectivity index (χ0v) is 12.4. The largest absolute Gasteiger partial charge is 0.481 e. The molecule has 18 heavy (non-hydrogen) atoms. The minimum atomic E-state index is -0.365. The van der Waals surface area contributed by atoms with E-state index in [1.54, 1.807) is 13.8 Å². The minimum absolute atomic E-state index is 0.0812. The number of halogens is 1. The van der Waals surface area contributed by atoms with Gasteiger partial charge in [-0.2, -0.15) is 0 Å². The SMILES string of the molecule is CNCc1ccc(OCC(=O)OC(C)C)c(Br)c1. The lowest BCUT2D eigenvalue weighted by molar-refractivity contribution is -0.149. The van der Waals surface area contributed by atoms with Crippen LogP contribution in [0.1, 0.15) is 19.4 Å². The highest BCUT2D eigenvalue weighted by Gasteiger charge is 2.08. The van der Waals surface area contributed by atoms with Crippen molar-refractivity contribution in [3.8, 4) is 5.75 Å². The molecule has 100 valence electrons. The van der Waals surface area contributed by atoms with Crippen LogP contribution in [0.4, 0.5) is 0 Å². The average Bonchev–Trinajstić information content (AvgIpc) is 2.27. The second-order valence-corrected chi connectivity index (χ2v) is 4.98. The number of carbonyl (C=O) groups is 1. The molecule has 0 fully saturated rings. The van der Waals surface area contributed by atoms with Crippen LogP contribution in [-0.4, -0.2) is 25.7 Å². The maximum atomic E-state index is 11.3. The topological polar surface area (TPSA) is 47.6 Å². The van der Waals surface area contributed by atoms with E-state index in [9.17, 15) is 4.79 Å². The molecule has 0 aromatic heterocycles. The first kappa shape index (κ1) is 15.0. The number of carbonyl (C=O) groups excluding carboxylic acids is 1. The molecule has 0 saturated carbocycles. The first-order valence-electron chi connectivity index (χ1n) is 5.78. The van der Waals surface area contributed by atoms with E-state index in [4.69, 9.17) is 9.47 Å². The Kier molecular flexibility index (Phi) is 6.15. The molecular formula is C13H18BrNO3. The van der Waals surface area contributed by atoms with E-state index in [1.165, 1.54) is 0 Å². The normalized spacial score (nSPS) is 10.5. The molecule has 0 heterocycles. The van der Waals surface area contributed by atoms with Gasteiger partial charge in [-0.25, -0.2) is 4.79 Å². The summed E-state index contributed by atoms with van der Waals surface area (Å²) in [5.74, 6) is 0.270. The molecule has 0 saturated heterocycles. The van der Waals surface area contributed by atoms with Crippen LogP contribution in [0, 0.1) is 0 Å². The lowest BCUT2D eigenvalue weighted by atomic mass is 10.2. The Morgan fingerprint density at radius 3 is 2.72 bits per heavy atom. The Bertz CT molecular complexity index is 407. The monoisotopic (exact) mass is 315 g/mol. The van der Waals surface area contributed by atoms with Gasteiger partial charge < -0.3 is 14.8 Å². The molecule has 4 nitrogen and oxygen atoms in total. The zero-order chi connectivity index (χ0) is 13.5. The average molecular weight is 316 g/mol. The van der Waals surface area contributed by atoms with Crippen molar-refractivity contribution >= 4 is 21.9 Å². The highest BCUT2D eigenvalue weighted by Crippen LogP contribution is 2.26. The molecule has 0 amide bonds. The minimum Gasteiger partial charge on any atom is -0.481 e. The second-order valence-electron chi connectivity index (χ2n) is 4.12. The van der Waals surface area contributed by atoms with E-state index in [1.807, 2.05) is 25.2 Å². The molecule has 0 unspecified atom stereocenters. The van der Waals surface area contributed by atoms with Crippen LogP contribution in [0.3, 0.4) is 0 Å². The fourth-order valence-corrected chi connectivity index (χ4v) is 1.95. The van der Waals surface area contributed by atoms with Gasteiger partial charge in [0.2, 0.25) is 0 Å². The summed E-state index contributed by atoms with van der Waals surface area (Å²) in [5.41, 5.74) is 1.14. The van der Waals surface area contributed by atoms with Crippen molar-refractivity contribution in [2.75, 3.05) is 13.7 Å². The summed E-state index contributed by atoms with van der Waals surface area (Å²) in [6.07, 6.45) is -0.123. The van der Waals surface area contributed by atoms with E-state index in [0.717, 1.165) is 16.6 Å². The number of nitrogens with one attached hydrogen (secondary N) is 1. The van der Waals surface area contributed by atoms with Gasteiger partial charge in [0, 0.05) is 6.54 Å². The van der Waals surface area contributed by atoms with Gasteiger partial charge in [-0.3, -0.25) is 0 Å². The van der Waals surface area contributed by atoms with Crippen LogP contribution in [-0.2, 0) is 16.1 Å². The van der Waals surface area contributed by atoms with Crippen LogP contribution in [0.25, 0.3) is 0 Å². The van der Waals surface area contributed by atoms with Gasteiger partial charge in [-0.1, -0.05) is 6.07 Å². The van der Waals surface area contributed by atoms with E-state index >= 15 is 0 Å². The van der Waals surface area contributed by atoms with Crippen LogP contribution in [0.5, 0.6) is 5.75 Å². The number of rotatable bonds is 6. The van der Waals surface area contributed by atoms with E-state index < -0.39 is 0 Å². The van der Waals surface area contributed by atoms with E-state index in [2.05, 4.69) is 21.2 Å². The van der Waals surface area contributed by atoms with Gasteiger partial charge in [0.1, 0.15) is 5.75 Å². The molecule has 0 aliphatic heterocycles. The Hall–Kier alpha value is -1.07. The van der Waals surface area contributed by atoms with Crippen molar-refractivity contribution in [3.63, 3.8) is 0 Å². The quantitative estimate of drug-likeness (QED) is 0.819. The lowest BCUT2D eigenvalue weighted by Gasteiger charge is -2.11. The zero-order valence-electron chi connectivity index (χ0n) is 10.8. The first-order chi connectivity index (χ1) is 8.52. The highest BCUT2D eigenvalue weighted by atomic mass is 79.9. The summed E-state index contributed by atoms with van der Waals surface area (Å²) in [4.78, 5) is 11.3. The van der Waals surface area contributed by atoms with Crippen LogP contribution < -0.4 is 10.1 Å². The maximum Gasteiger partial charge on any atom is 0.344 e. The second kappa shape index (κ2) is 7.38. The molecule has 5 heteroatoms. The first-order valence-corrected chi connectivity index (χ1v) is 6.57. The molecule has 0 aliphatic rings. The van der Waals surface area contributed by atoms with Crippen molar-refractivity contribution in [3.05, 3.63) is 28.2 Å². The number of hydrogen-bond acceptors (Lipinski definition) is 4. The Labute approximate surface area is 116 Å². The van der Waals surface area contributed by atoms with Gasteiger partial charge in [-0.15, -0.1) is 0 Å². The van der Waals surface area contributed by atoms with Crippen molar-refractivity contribution in [2.24, 2.45) is 0 Å². The number of hydrogen-bond donors (Lipinski definition) is 1. The number of esters is 1. The van der Waals surface area contributed by atoms with Crippen molar-refractivity contribution in [1.29, 1.82) is 0 Å². The fraction of sp³-hybridized carbons (Fsp3) is 0.462. The van der Waals surface area contributed by atoms with Crippen LogP contribution in [0.15, 0.2) is 22.7 Å². The van der Waals surface area contributed by atoms with Crippen LogP contribution in [0.2, 0.25) is 0 Å². The Morgan fingerprint density at radius 1 is 1.44 bits per heavy atom. The smallest absolute Gasteiger partial charge is 0.344 e. The van der Waals surface area contributed by atoms with Gasteiger partial charge in [0.15, 0.2) is 6.61 Å². The molecule has 1 aromatic rings. The standard InChI is InChI=1S/C13H18BrNO3/c1-9(2)18-13(16)8-17-12-5-4-10(7-15-3)6-11(12)14/h4-6,9,15H,7-8H2,1-3H3. The summed E-state index contributed by atoms with van der Waals surface area (Å²) in [6, 6.07) is 5.74. The number of ether oxygens (including phenoxy) is 2. The molecule has 0 atom stereocenters. The van der Waals surface area contributed by atoms with Crippen molar-refractivity contribution in [1.82, 2.24) is 5.32 Å². The van der Waals surface area contributed by atoms with E-state index in [-0.39, 0.29) is 18.7 Å². The van der Waals surface area contributed by atoms with Gasteiger partial charge in [-0.05, 0) is 54.5 Å². The molecule has 1 aromatic carbocycles. The summed E-state index contributed by atoms with van der Waals surface area (Å²) in [5, 5.41) is 3.07. The fourth-order valence-electron chi connectivity index (χ4n) is 1.41. The van der Waals surface area contributed by atoms with Crippen molar-refractivity contribution in [2.45, 2.75) is 26.5 Å². The molecule has 0 aliphatic carbocycles. The molecule has 0 spiro atoms. The molecule has 1 N–H and O–H groups in total. The van der Waals surface area contributed by atoms with Gasteiger partial charge in [0.05, 0.1) is 10.6 Å². The lowest BCUT2D eigenvalue weighted by Crippen LogP contribution is -2.18. The third kappa shape index (κ3) is 5.06. The maximum absolute atomic E-state index is 11.3. The van der Waals surface area contributed by atoms with Gasteiger partial charge >= 0.3 is 5.97 Å². The predicted octanol–water partition coefficient (Wildman–Crippen LogP) is 2.50. The highest BCUT2D eigenvalue weighted by molar-refractivity contribution is 9.10. The molecule has 1 rings (SSSR count). The third-order valence-electron chi connectivity index (χ3n) is 2.09. The van der Waals surface area contributed by atoms with Gasteiger partial charge in [0.25, 0.3) is 0 Å². The predicted molar refractivity (Wildman–Crippen MR) is 73.6 cm³/mol. The molecular weight excluding hydrogens is 298 g/mol. The summed E-state index contributed by atoms with van der Waals surface area (Å²) >= 11 is 3.41. The Balaban J connectivity index is 2.55. The number of benzene rings is 1. The third-order valence-corrected chi connectivity index (χ3v) is 2.71. The summed E-state index contributed by atoms with van der Waals surface area (Å²) in [6.45, 7) is 4.32.